The predicted octanol–water partition coefficient (Wildman–Crippen LogP) is 3.35. The molecule has 3 aromatic heterocycles. The zero-order valence-corrected chi connectivity index (χ0v) is 15.8. The van der Waals surface area contributed by atoms with Gasteiger partial charge in [-0.1, -0.05) is 44.2 Å². The molecule has 1 aliphatic heterocycles. The van der Waals surface area contributed by atoms with Crippen LogP contribution < -0.4 is 16.1 Å². The number of thiophene rings is 1. The lowest BCUT2D eigenvalue weighted by Crippen LogP contribution is -2.29. The molecule has 0 atom stereocenters. The van der Waals surface area contributed by atoms with E-state index >= 15 is 0 Å². The first kappa shape index (κ1) is 16.3. The molecule has 0 unspecified atom stereocenters. The smallest absolute Gasteiger partial charge is 0.289 e. The number of ether oxygens (including phenoxy) is 1. The lowest BCUT2D eigenvalue weighted by atomic mass is 9.86. The molecule has 4 heterocycles. The number of nitrogen functional groups attached to an aromatic ring is 1. The second kappa shape index (κ2) is 5.53. The van der Waals surface area contributed by atoms with E-state index in [1.165, 1.54) is 17.7 Å². The van der Waals surface area contributed by atoms with E-state index in [0.717, 1.165) is 43.9 Å². The Morgan fingerprint density at radius 3 is 2.78 bits per heavy atom. The Hall–Kier alpha value is -2.93. The van der Waals surface area contributed by atoms with Gasteiger partial charge in [0.1, 0.15) is 11.0 Å². The summed E-state index contributed by atoms with van der Waals surface area (Å²) < 4.78 is 8.58. The summed E-state index contributed by atoms with van der Waals surface area (Å²) in [5, 5.41) is 0.859. The van der Waals surface area contributed by atoms with Crippen LogP contribution in [0.1, 0.15) is 19.5 Å². The van der Waals surface area contributed by atoms with Crippen molar-refractivity contribution in [2.24, 2.45) is 5.41 Å². The highest BCUT2D eigenvalue weighted by Crippen LogP contribution is 2.46. The van der Waals surface area contributed by atoms with Gasteiger partial charge in [-0.15, -0.1) is 11.3 Å². The van der Waals surface area contributed by atoms with E-state index < -0.39 is 0 Å². The molecular formula is C20H18N4O2S. The first-order valence-corrected chi connectivity index (χ1v) is 9.56. The highest BCUT2D eigenvalue weighted by Gasteiger charge is 2.32. The molecule has 0 fully saturated rings. The van der Waals surface area contributed by atoms with Crippen molar-refractivity contribution >= 4 is 31.6 Å². The highest BCUT2D eigenvalue weighted by molar-refractivity contribution is 7.26. The Labute approximate surface area is 159 Å². The zero-order chi connectivity index (χ0) is 18.8. The second-order valence-corrected chi connectivity index (χ2v) is 8.69. The van der Waals surface area contributed by atoms with Gasteiger partial charge >= 0.3 is 0 Å². The Morgan fingerprint density at radius 1 is 1.22 bits per heavy atom. The number of hydrogen-bond donors (Lipinski definition) is 1. The van der Waals surface area contributed by atoms with Crippen LogP contribution in [-0.4, -0.2) is 21.3 Å². The molecule has 0 bridgehead atoms. The lowest BCUT2D eigenvalue weighted by Gasteiger charge is -2.31. The Bertz CT molecular complexity index is 1260. The van der Waals surface area contributed by atoms with Crippen LogP contribution in [0.3, 0.4) is 0 Å². The van der Waals surface area contributed by atoms with Gasteiger partial charge in [0.05, 0.1) is 28.2 Å². The van der Waals surface area contributed by atoms with Crippen LogP contribution in [0, 0.1) is 5.41 Å². The maximum absolute atomic E-state index is 12.6. The number of rotatable bonds is 1. The Morgan fingerprint density at radius 2 is 2.00 bits per heavy atom. The minimum absolute atomic E-state index is 0.0144. The molecule has 27 heavy (non-hydrogen) atoms. The highest BCUT2D eigenvalue weighted by atomic mass is 32.1. The summed E-state index contributed by atoms with van der Waals surface area (Å²) in [6, 6.07) is 9.99. The van der Waals surface area contributed by atoms with E-state index in [0.29, 0.717) is 16.8 Å². The molecular weight excluding hydrogens is 360 g/mol. The molecule has 0 saturated carbocycles. The van der Waals surface area contributed by atoms with Crippen molar-refractivity contribution in [2.75, 3.05) is 12.4 Å². The van der Waals surface area contributed by atoms with Gasteiger partial charge in [-0.3, -0.25) is 4.79 Å². The molecule has 5 rings (SSSR count). The topological polar surface area (TPSA) is 83.0 Å². The van der Waals surface area contributed by atoms with E-state index in [1.54, 1.807) is 0 Å². The minimum atomic E-state index is -0.259. The van der Waals surface area contributed by atoms with Crippen LogP contribution >= 0.6 is 11.3 Å². The van der Waals surface area contributed by atoms with Gasteiger partial charge < -0.3 is 10.6 Å². The summed E-state index contributed by atoms with van der Waals surface area (Å²) in [5.74, 6) is 6.50. The average Bonchev–Trinajstić information content (AvgIpc) is 3.04. The number of nitrogens with zero attached hydrogens (tertiary/aromatic N) is 3. The van der Waals surface area contributed by atoms with Crippen LogP contribution in [0.4, 0.5) is 0 Å². The molecule has 0 saturated heterocycles. The SMILES string of the molecule is CC1(C)COc2c(nc(-c3ccccc3)c3c2sc2c(=O)n(N)cnc23)C1. The van der Waals surface area contributed by atoms with E-state index in [1.807, 2.05) is 30.3 Å². The average molecular weight is 378 g/mol. The molecule has 0 spiro atoms. The van der Waals surface area contributed by atoms with Gasteiger partial charge in [0, 0.05) is 22.8 Å². The monoisotopic (exact) mass is 378 g/mol. The van der Waals surface area contributed by atoms with Crippen molar-refractivity contribution in [2.45, 2.75) is 20.3 Å². The minimum Gasteiger partial charge on any atom is -0.490 e. The van der Waals surface area contributed by atoms with E-state index in [9.17, 15) is 4.79 Å². The van der Waals surface area contributed by atoms with Gasteiger partial charge in [-0.25, -0.2) is 14.6 Å². The fourth-order valence-corrected chi connectivity index (χ4v) is 4.79. The van der Waals surface area contributed by atoms with Crippen LogP contribution in [0.25, 0.3) is 31.6 Å². The molecule has 136 valence electrons. The van der Waals surface area contributed by atoms with E-state index in [4.69, 9.17) is 15.6 Å². The molecule has 0 radical (unpaired) electrons. The first-order valence-electron chi connectivity index (χ1n) is 8.75. The van der Waals surface area contributed by atoms with Crippen molar-refractivity contribution in [3.05, 3.63) is 52.7 Å². The van der Waals surface area contributed by atoms with Crippen LogP contribution in [0.2, 0.25) is 0 Å². The summed E-state index contributed by atoms with van der Waals surface area (Å²) in [6.45, 7) is 4.96. The molecule has 0 aliphatic carbocycles. The number of pyridine rings is 1. The van der Waals surface area contributed by atoms with E-state index in [-0.39, 0.29) is 11.0 Å². The summed E-state index contributed by atoms with van der Waals surface area (Å²) >= 11 is 1.39. The van der Waals surface area contributed by atoms with Crippen molar-refractivity contribution in [1.82, 2.24) is 14.6 Å². The molecule has 7 heteroatoms. The third-order valence-electron chi connectivity index (χ3n) is 4.88. The predicted molar refractivity (Wildman–Crippen MR) is 108 cm³/mol. The van der Waals surface area contributed by atoms with Gasteiger partial charge in [-0.2, -0.15) is 0 Å². The summed E-state index contributed by atoms with van der Waals surface area (Å²) in [6.07, 6.45) is 2.18. The van der Waals surface area contributed by atoms with Crippen LogP contribution in [0.5, 0.6) is 5.75 Å². The van der Waals surface area contributed by atoms with Crippen molar-refractivity contribution in [1.29, 1.82) is 0 Å². The maximum Gasteiger partial charge on any atom is 0.289 e. The standard InChI is InChI=1S/C20H18N4O2S/c1-20(2)8-12-16(26-9-20)17-13(14(23-12)11-6-4-3-5-7-11)15-18(27-17)19(25)24(21)10-22-15/h3-7,10H,8-9,21H2,1-2H3. The number of benzene rings is 1. The molecule has 6 nitrogen and oxygen atoms in total. The second-order valence-electron chi connectivity index (χ2n) is 7.67. The third kappa shape index (κ3) is 2.42. The summed E-state index contributed by atoms with van der Waals surface area (Å²) in [7, 11) is 0. The van der Waals surface area contributed by atoms with E-state index in [2.05, 4.69) is 18.8 Å². The number of nitrogens with two attached hydrogens (primary N) is 1. The third-order valence-corrected chi connectivity index (χ3v) is 6.04. The molecule has 1 aliphatic rings. The van der Waals surface area contributed by atoms with Gasteiger partial charge in [0.15, 0.2) is 5.75 Å². The van der Waals surface area contributed by atoms with Crippen LogP contribution in [-0.2, 0) is 6.42 Å². The summed E-state index contributed by atoms with van der Waals surface area (Å²) in [5.41, 5.74) is 3.14. The van der Waals surface area contributed by atoms with Gasteiger partial charge in [0.2, 0.25) is 0 Å². The van der Waals surface area contributed by atoms with Gasteiger partial charge in [0.25, 0.3) is 5.56 Å². The summed E-state index contributed by atoms with van der Waals surface area (Å²) in [4.78, 5) is 22.0. The Kier molecular flexibility index (Phi) is 3.33. The fraction of sp³-hybridized carbons (Fsp3) is 0.250. The number of fused-ring (bicyclic) bond motifs is 5. The van der Waals surface area contributed by atoms with Crippen molar-refractivity contribution < 1.29 is 4.74 Å². The Balaban J connectivity index is 1.95. The first-order chi connectivity index (χ1) is 12.9. The maximum atomic E-state index is 12.6. The number of hydrogen-bond acceptors (Lipinski definition) is 6. The van der Waals surface area contributed by atoms with Crippen LogP contribution in [0.15, 0.2) is 41.5 Å². The lowest BCUT2D eigenvalue weighted by molar-refractivity contribution is 0.154. The van der Waals surface area contributed by atoms with Gasteiger partial charge in [-0.05, 0) is 0 Å². The largest absolute Gasteiger partial charge is 0.490 e. The molecule has 1 aromatic carbocycles. The fourth-order valence-electron chi connectivity index (χ4n) is 3.58. The normalized spacial score (nSPS) is 15.6. The molecule has 2 N–H and O–H groups in total. The van der Waals surface area contributed by atoms with Crippen molar-refractivity contribution in [3.63, 3.8) is 0 Å². The van der Waals surface area contributed by atoms with Crippen molar-refractivity contribution in [3.8, 4) is 17.0 Å². The molecule has 0 amide bonds. The quantitative estimate of drug-likeness (QED) is 0.514. The molecule has 4 aromatic rings. The zero-order valence-electron chi connectivity index (χ0n) is 15.0. The number of aromatic nitrogens is 3.